The summed E-state index contributed by atoms with van der Waals surface area (Å²) in [5.74, 6) is 0.464. The van der Waals surface area contributed by atoms with Gasteiger partial charge in [-0.05, 0) is 44.9 Å². The van der Waals surface area contributed by atoms with Crippen LogP contribution in [0.25, 0.3) is 0 Å². The lowest BCUT2D eigenvalue weighted by Crippen LogP contribution is -2.35. The predicted octanol–water partition coefficient (Wildman–Crippen LogP) is 3.72. The Balaban J connectivity index is 1.75. The second-order valence-electron chi connectivity index (χ2n) is 7.26. The smallest absolute Gasteiger partial charge is 0.341 e. The van der Waals surface area contributed by atoms with Crippen LogP contribution in [0.2, 0.25) is 0 Å². The van der Waals surface area contributed by atoms with E-state index in [1.807, 2.05) is 0 Å². The van der Waals surface area contributed by atoms with E-state index in [1.165, 1.54) is 11.3 Å². The highest BCUT2D eigenvalue weighted by molar-refractivity contribution is 7.17. The first kappa shape index (κ1) is 22.1. The number of ether oxygens (including phenoxy) is 3. The van der Waals surface area contributed by atoms with Crippen LogP contribution in [-0.4, -0.2) is 49.7 Å². The Morgan fingerprint density at radius 3 is 2.73 bits per heavy atom. The van der Waals surface area contributed by atoms with Gasteiger partial charge in [0.1, 0.15) is 16.5 Å². The number of hydrogen-bond acceptors (Lipinski definition) is 7. The van der Waals surface area contributed by atoms with Gasteiger partial charge in [-0.2, -0.15) is 0 Å². The Morgan fingerprint density at radius 1 is 1.27 bits per heavy atom. The number of amides is 1. The normalized spacial score (nSPS) is 13.6. The zero-order chi connectivity index (χ0) is 21.7. The van der Waals surface area contributed by atoms with Gasteiger partial charge in [-0.3, -0.25) is 9.69 Å². The third kappa shape index (κ3) is 5.12. The zero-order valence-corrected chi connectivity index (χ0v) is 18.6. The molecule has 0 fully saturated rings. The first-order valence-corrected chi connectivity index (χ1v) is 10.9. The number of fused-ring (bicyclic) bond motifs is 1. The van der Waals surface area contributed by atoms with E-state index in [2.05, 4.69) is 24.1 Å². The van der Waals surface area contributed by atoms with Crippen LogP contribution in [0.5, 0.6) is 11.5 Å². The summed E-state index contributed by atoms with van der Waals surface area (Å²) in [5, 5.41) is 3.38. The molecule has 0 atom stereocenters. The number of thiophene rings is 1. The number of carbonyl (C=O) groups is 2. The molecule has 2 aromatic rings. The third-order valence-electron chi connectivity index (χ3n) is 4.96. The number of hydrogen-bond donors (Lipinski definition) is 1. The number of nitrogens with zero attached hydrogens (tertiary/aromatic N) is 1. The van der Waals surface area contributed by atoms with E-state index in [0.29, 0.717) is 28.1 Å². The maximum atomic E-state index is 12.6. The third-order valence-corrected chi connectivity index (χ3v) is 6.09. The maximum Gasteiger partial charge on any atom is 0.341 e. The molecule has 0 aliphatic carbocycles. The summed E-state index contributed by atoms with van der Waals surface area (Å²) in [6.07, 6.45) is 0.758. The Morgan fingerprint density at radius 2 is 2.03 bits per heavy atom. The lowest BCUT2D eigenvalue weighted by atomic mass is 10.0. The molecular formula is C22H28N2O5S. The van der Waals surface area contributed by atoms with Crippen molar-refractivity contribution in [2.75, 3.05) is 32.2 Å². The van der Waals surface area contributed by atoms with Gasteiger partial charge in [-0.25, -0.2) is 4.79 Å². The Kier molecular flexibility index (Phi) is 7.33. The van der Waals surface area contributed by atoms with E-state index in [-0.39, 0.29) is 19.1 Å². The minimum absolute atomic E-state index is 0.171. The van der Waals surface area contributed by atoms with Gasteiger partial charge in [0.2, 0.25) is 0 Å². The minimum atomic E-state index is -0.392. The van der Waals surface area contributed by atoms with Gasteiger partial charge in [-0.15, -0.1) is 11.3 Å². The molecule has 7 nitrogen and oxygen atoms in total. The molecule has 1 amide bonds. The van der Waals surface area contributed by atoms with Crippen molar-refractivity contribution in [2.45, 2.75) is 39.8 Å². The quantitative estimate of drug-likeness (QED) is 0.641. The van der Waals surface area contributed by atoms with E-state index in [4.69, 9.17) is 14.2 Å². The minimum Gasteiger partial charge on any atom is -0.497 e. The summed E-state index contributed by atoms with van der Waals surface area (Å²) < 4.78 is 16.0. The van der Waals surface area contributed by atoms with Crippen LogP contribution in [0.15, 0.2) is 24.3 Å². The molecule has 0 radical (unpaired) electrons. The second kappa shape index (κ2) is 9.95. The number of benzene rings is 1. The molecule has 30 heavy (non-hydrogen) atoms. The van der Waals surface area contributed by atoms with Crippen LogP contribution in [-0.2, 0) is 22.5 Å². The highest BCUT2D eigenvalue weighted by Gasteiger charge is 2.30. The van der Waals surface area contributed by atoms with Crippen molar-refractivity contribution in [1.29, 1.82) is 0 Å². The van der Waals surface area contributed by atoms with Gasteiger partial charge < -0.3 is 19.5 Å². The number of anilines is 1. The van der Waals surface area contributed by atoms with Gasteiger partial charge in [0, 0.05) is 30.1 Å². The molecule has 1 aliphatic heterocycles. The van der Waals surface area contributed by atoms with Crippen molar-refractivity contribution in [1.82, 2.24) is 4.90 Å². The fraction of sp³-hybridized carbons (Fsp3) is 0.455. The van der Waals surface area contributed by atoms with Crippen LogP contribution < -0.4 is 14.8 Å². The summed E-state index contributed by atoms with van der Waals surface area (Å²) in [4.78, 5) is 28.6. The molecule has 0 saturated carbocycles. The van der Waals surface area contributed by atoms with Crippen LogP contribution >= 0.6 is 11.3 Å². The highest BCUT2D eigenvalue weighted by atomic mass is 32.1. The van der Waals surface area contributed by atoms with Crippen molar-refractivity contribution in [3.63, 3.8) is 0 Å². The molecule has 0 saturated heterocycles. The first-order valence-electron chi connectivity index (χ1n) is 10.0. The molecule has 0 spiro atoms. The predicted molar refractivity (Wildman–Crippen MR) is 117 cm³/mol. The lowest BCUT2D eigenvalue weighted by Gasteiger charge is -2.30. The first-order chi connectivity index (χ1) is 14.4. The molecule has 3 rings (SSSR count). The average molecular weight is 433 g/mol. The van der Waals surface area contributed by atoms with Gasteiger partial charge in [0.05, 0.1) is 19.3 Å². The lowest BCUT2D eigenvalue weighted by molar-refractivity contribution is -0.118. The molecule has 0 unspecified atom stereocenters. The van der Waals surface area contributed by atoms with Gasteiger partial charge >= 0.3 is 5.97 Å². The van der Waals surface area contributed by atoms with Crippen molar-refractivity contribution >= 4 is 28.2 Å². The van der Waals surface area contributed by atoms with Gasteiger partial charge in [0.25, 0.3) is 5.91 Å². The summed E-state index contributed by atoms with van der Waals surface area (Å²) >= 11 is 1.44. The van der Waals surface area contributed by atoms with Crippen molar-refractivity contribution in [2.24, 2.45) is 0 Å². The standard InChI is InChI=1S/C22H28N2O5S/c1-5-28-22(26)20-17-9-10-24(14(2)3)12-18(17)30-21(20)23-19(25)13-29-16-8-6-7-15(11-16)27-4/h6-8,11,14H,5,9-10,12-13H2,1-4H3,(H,23,25). The molecule has 1 aliphatic rings. The number of rotatable bonds is 8. The molecular weight excluding hydrogens is 404 g/mol. The fourth-order valence-electron chi connectivity index (χ4n) is 3.37. The monoisotopic (exact) mass is 432 g/mol. The molecule has 1 aromatic heterocycles. The van der Waals surface area contributed by atoms with Crippen LogP contribution in [0.1, 0.15) is 41.6 Å². The summed E-state index contributed by atoms with van der Waals surface area (Å²) in [7, 11) is 1.57. The molecule has 1 N–H and O–H groups in total. The number of nitrogens with one attached hydrogen (secondary N) is 1. The molecule has 0 bridgehead atoms. The van der Waals surface area contributed by atoms with E-state index in [1.54, 1.807) is 38.3 Å². The van der Waals surface area contributed by atoms with Crippen LogP contribution in [0, 0.1) is 0 Å². The largest absolute Gasteiger partial charge is 0.497 e. The molecule has 8 heteroatoms. The molecule has 162 valence electrons. The van der Waals surface area contributed by atoms with Crippen LogP contribution in [0.4, 0.5) is 5.00 Å². The van der Waals surface area contributed by atoms with E-state index >= 15 is 0 Å². The SMILES string of the molecule is CCOC(=O)c1c(NC(=O)COc2cccc(OC)c2)sc2c1CCN(C(C)C)C2. The Bertz CT molecular complexity index is 909. The average Bonchev–Trinajstić information content (AvgIpc) is 3.09. The number of methoxy groups -OCH3 is 1. The van der Waals surface area contributed by atoms with Gasteiger partial charge in [0.15, 0.2) is 6.61 Å². The zero-order valence-electron chi connectivity index (χ0n) is 17.8. The summed E-state index contributed by atoms with van der Waals surface area (Å²) in [5.41, 5.74) is 1.47. The molecule has 2 heterocycles. The second-order valence-corrected chi connectivity index (χ2v) is 8.36. The Labute approximate surface area is 180 Å². The van der Waals surface area contributed by atoms with Crippen molar-refractivity contribution < 1.29 is 23.8 Å². The van der Waals surface area contributed by atoms with Crippen LogP contribution in [0.3, 0.4) is 0 Å². The van der Waals surface area contributed by atoms with E-state index in [0.717, 1.165) is 30.0 Å². The van der Waals surface area contributed by atoms with Crippen molar-refractivity contribution in [3.05, 3.63) is 40.3 Å². The van der Waals surface area contributed by atoms with E-state index < -0.39 is 5.97 Å². The Hall–Kier alpha value is -2.58. The number of esters is 1. The topological polar surface area (TPSA) is 77.1 Å². The molecule has 1 aromatic carbocycles. The highest BCUT2D eigenvalue weighted by Crippen LogP contribution is 2.38. The van der Waals surface area contributed by atoms with Gasteiger partial charge in [-0.1, -0.05) is 6.07 Å². The number of carbonyl (C=O) groups excluding carboxylic acids is 2. The fourth-order valence-corrected chi connectivity index (χ4v) is 4.65. The summed E-state index contributed by atoms with van der Waals surface area (Å²) in [6, 6.07) is 7.47. The van der Waals surface area contributed by atoms with Crippen molar-refractivity contribution in [3.8, 4) is 11.5 Å². The van der Waals surface area contributed by atoms with E-state index in [9.17, 15) is 9.59 Å². The maximum absolute atomic E-state index is 12.6. The summed E-state index contributed by atoms with van der Waals surface area (Å²) in [6.45, 7) is 7.84.